The summed E-state index contributed by atoms with van der Waals surface area (Å²) in [5.41, 5.74) is 0. The van der Waals surface area contributed by atoms with Crippen molar-refractivity contribution in [1.82, 2.24) is 15.1 Å². The van der Waals surface area contributed by atoms with Gasteiger partial charge in [-0.2, -0.15) is 0 Å². The fraction of sp³-hybridized carbons (Fsp3) is 0.917. The fourth-order valence-corrected chi connectivity index (χ4v) is 1.84. The van der Waals surface area contributed by atoms with Gasteiger partial charge >= 0.3 is 0 Å². The summed E-state index contributed by atoms with van der Waals surface area (Å²) in [6, 6.07) is 0. The van der Waals surface area contributed by atoms with Crippen molar-refractivity contribution in [1.29, 1.82) is 0 Å². The number of hydrogen-bond donors (Lipinski definition) is 1. The van der Waals surface area contributed by atoms with Crippen molar-refractivity contribution in [3.8, 4) is 0 Å². The molecule has 0 aromatic carbocycles. The Morgan fingerprint density at radius 3 is 2.47 bits per heavy atom. The molecule has 1 aliphatic heterocycles. The maximum absolute atomic E-state index is 4.67. The number of nitrogens with one attached hydrogen (secondary N) is 1. The van der Waals surface area contributed by atoms with Gasteiger partial charge in [-0.3, -0.25) is 4.99 Å². The highest BCUT2D eigenvalue weighted by Gasteiger charge is 2.14. The lowest BCUT2D eigenvalue weighted by Gasteiger charge is -2.21. The third-order valence-electron chi connectivity index (χ3n) is 3.02. The van der Waals surface area contributed by atoms with Gasteiger partial charge in [0.25, 0.3) is 0 Å². The van der Waals surface area contributed by atoms with E-state index in [2.05, 4.69) is 41.0 Å². The molecule has 0 amide bonds. The van der Waals surface area contributed by atoms with Gasteiger partial charge in [0.05, 0.1) is 6.54 Å². The minimum atomic E-state index is 0. The van der Waals surface area contributed by atoms with Crippen molar-refractivity contribution in [2.75, 3.05) is 46.3 Å². The molecule has 17 heavy (non-hydrogen) atoms. The van der Waals surface area contributed by atoms with Crippen molar-refractivity contribution < 1.29 is 0 Å². The smallest absolute Gasteiger partial charge is 0.193 e. The Hall–Kier alpha value is -0.0400. The van der Waals surface area contributed by atoms with E-state index >= 15 is 0 Å². The summed E-state index contributed by atoms with van der Waals surface area (Å²) < 4.78 is 0. The number of hydrogen-bond acceptors (Lipinski definition) is 2. The van der Waals surface area contributed by atoms with Gasteiger partial charge in [0.15, 0.2) is 5.96 Å². The zero-order valence-electron chi connectivity index (χ0n) is 11.4. The Bertz CT molecular complexity index is 215. The molecule has 4 nitrogen and oxygen atoms in total. The lowest BCUT2D eigenvalue weighted by Crippen LogP contribution is -2.40. The van der Waals surface area contributed by atoms with Crippen LogP contribution in [0.25, 0.3) is 0 Å². The van der Waals surface area contributed by atoms with Gasteiger partial charge in [-0.05, 0) is 33.4 Å². The normalized spacial score (nSPS) is 16.2. The van der Waals surface area contributed by atoms with Crippen LogP contribution in [-0.4, -0.2) is 62.1 Å². The Kier molecular flexibility index (Phi) is 9.91. The lowest BCUT2D eigenvalue weighted by atomic mass is 10.4. The summed E-state index contributed by atoms with van der Waals surface area (Å²) >= 11 is 0. The fourth-order valence-electron chi connectivity index (χ4n) is 1.84. The Morgan fingerprint density at radius 2 is 1.94 bits per heavy atom. The van der Waals surface area contributed by atoms with Gasteiger partial charge in [0.2, 0.25) is 0 Å². The maximum Gasteiger partial charge on any atom is 0.193 e. The molecule has 0 spiro atoms. The predicted molar refractivity (Wildman–Crippen MR) is 85.4 cm³/mol. The van der Waals surface area contributed by atoms with E-state index in [1.807, 2.05) is 0 Å². The average Bonchev–Trinajstić information content (AvgIpc) is 2.81. The second kappa shape index (κ2) is 9.94. The highest BCUT2D eigenvalue weighted by atomic mass is 127. The van der Waals surface area contributed by atoms with Crippen LogP contribution in [0.2, 0.25) is 0 Å². The minimum absolute atomic E-state index is 0. The molecule has 0 saturated carbocycles. The summed E-state index contributed by atoms with van der Waals surface area (Å²) in [7, 11) is 2.14. The first-order chi connectivity index (χ1) is 7.77. The van der Waals surface area contributed by atoms with E-state index in [0.717, 1.165) is 45.2 Å². The highest BCUT2D eigenvalue weighted by Crippen LogP contribution is 2.07. The van der Waals surface area contributed by atoms with Gasteiger partial charge in [0, 0.05) is 26.2 Å². The van der Waals surface area contributed by atoms with Crippen LogP contribution in [0.1, 0.15) is 26.7 Å². The Balaban J connectivity index is 0.00000256. The van der Waals surface area contributed by atoms with Crippen LogP contribution in [0.4, 0.5) is 0 Å². The topological polar surface area (TPSA) is 30.9 Å². The minimum Gasteiger partial charge on any atom is -0.357 e. The number of likely N-dealkylation sites (tertiary alicyclic amines) is 1. The first-order valence-electron chi connectivity index (χ1n) is 6.49. The number of guanidine groups is 1. The van der Waals surface area contributed by atoms with Crippen LogP contribution in [0.15, 0.2) is 4.99 Å². The summed E-state index contributed by atoms with van der Waals surface area (Å²) in [4.78, 5) is 9.33. The van der Waals surface area contributed by atoms with Crippen molar-refractivity contribution in [2.45, 2.75) is 26.7 Å². The van der Waals surface area contributed by atoms with Crippen molar-refractivity contribution in [3.05, 3.63) is 0 Å². The second-order valence-electron chi connectivity index (χ2n) is 4.33. The molecular formula is C12H27IN4. The molecule has 102 valence electrons. The SMILES string of the molecule is CCNC(=NCCN(C)CC)N1CCCC1.I. The van der Waals surface area contributed by atoms with Gasteiger partial charge in [-0.15, -0.1) is 24.0 Å². The molecule has 5 heteroatoms. The molecule has 1 fully saturated rings. The quantitative estimate of drug-likeness (QED) is 0.463. The summed E-state index contributed by atoms with van der Waals surface area (Å²) in [5, 5.41) is 3.37. The van der Waals surface area contributed by atoms with Crippen molar-refractivity contribution >= 4 is 29.9 Å². The highest BCUT2D eigenvalue weighted by molar-refractivity contribution is 14.0. The number of halogens is 1. The zero-order valence-corrected chi connectivity index (χ0v) is 13.7. The molecule has 0 atom stereocenters. The monoisotopic (exact) mass is 354 g/mol. The van der Waals surface area contributed by atoms with E-state index in [-0.39, 0.29) is 24.0 Å². The predicted octanol–water partition coefficient (Wildman–Crippen LogP) is 1.62. The van der Waals surface area contributed by atoms with Crippen molar-refractivity contribution in [2.24, 2.45) is 4.99 Å². The van der Waals surface area contributed by atoms with Gasteiger partial charge in [0.1, 0.15) is 0 Å². The molecule has 0 radical (unpaired) electrons. The van der Waals surface area contributed by atoms with E-state index in [9.17, 15) is 0 Å². The summed E-state index contributed by atoms with van der Waals surface area (Å²) in [5.74, 6) is 1.10. The Morgan fingerprint density at radius 1 is 1.29 bits per heavy atom. The Labute approximate surface area is 123 Å². The van der Waals surface area contributed by atoms with Crippen LogP contribution in [0, 0.1) is 0 Å². The maximum atomic E-state index is 4.67. The molecule has 0 unspecified atom stereocenters. The van der Waals surface area contributed by atoms with Gasteiger partial charge in [-0.1, -0.05) is 6.92 Å². The number of aliphatic imine (C=N–C) groups is 1. The summed E-state index contributed by atoms with van der Waals surface area (Å²) in [6.07, 6.45) is 2.61. The second-order valence-corrected chi connectivity index (χ2v) is 4.33. The lowest BCUT2D eigenvalue weighted by molar-refractivity contribution is 0.362. The van der Waals surface area contributed by atoms with Crippen LogP contribution in [0.3, 0.4) is 0 Å². The van der Waals surface area contributed by atoms with Crippen LogP contribution < -0.4 is 5.32 Å². The number of nitrogens with zero attached hydrogens (tertiary/aromatic N) is 3. The molecule has 0 bridgehead atoms. The van der Waals surface area contributed by atoms with E-state index in [1.54, 1.807) is 0 Å². The van der Waals surface area contributed by atoms with E-state index in [1.165, 1.54) is 12.8 Å². The van der Waals surface area contributed by atoms with Crippen LogP contribution in [0.5, 0.6) is 0 Å². The summed E-state index contributed by atoms with van der Waals surface area (Å²) in [6.45, 7) is 10.6. The molecule has 1 aliphatic rings. The first-order valence-corrected chi connectivity index (χ1v) is 6.49. The first kappa shape index (κ1) is 17.0. The largest absolute Gasteiger partial charge is 0.357 e. The number of likely N-dealkylation sites (N-methyl/N-ethyl adjacent to an activating group) is 1. The molecule has 0 aromatic heterocycles. The average molecular weight is 354 g/mol. The molecule has 0 aromatic rings. The van der Waals surface area contributed by atoms with Gasteiger partial charge in [-0.25, -0.2) is 0 Å². The molecular weight excluding hydrogens is 327 g/mol. The molecule has 0 aliphatic carbocycles. The molecule has 1 N–H and O–H groups in total. The zero-order chi connectivity index (χ0) is 11.8. The van der Waals surface area contributed by atoms with Gasteiger partial charge < -0.3 is 15.1 Å². The third-order valence-corrected chi connectivity index (χ3v) is 3.02. The number of rotatable bonds is 5. The molecule has 1 saturated heterocycles. The van der Waals surface area contributed by atoms with E-state index < -0.39 is 0 Å². The van der Waals surface area contributed by atoms with Crippen LogP contribution in [-0.2, 0) is 0 Å². The van der Waals surface area contributed by atoms with E-state index in [0.29, 0.717) is 0 Å². The van der Waals surface area contributed by atoms with Crippen LogP contribution >= 0.6 is 24.0 Å². The van der Waals surface area contributed by atoms with E-state index in [4.69, 9.17) is 0 Å². The van der Waals surface area contributed by atoms with Crippen molar-refractivity contribution in [3.63, 3.8) is 0 Å². The molecule has 1 rings (SSSR count). The third kappa shape index (κ3) is 6.45. The standard InChI is InChI=1S/C12H26N4.HI/c1-4-13-12(16-9-6-7-10-16)14-8-11-15(3)5-2;/h4-11H2,1-3H3,(H,13,14);1H. The molecule has 1 heterocycles.